The van der Waals surface area contributed by atoms with Crippen molar-refractivity contribution >= 4 is 35.4 Å². The van der Waals surface area contributed by atoms with Crippen LogP contribution in [-0.4, -0.2) is 35.4 Å². The molecule has 0 spiro atoms. The molecule has 162 valence electrons. The summed E-state index contributed by atoms with van der Waals surface area (Å²) < 4.78 is 4.76. The quantitative estimate of drug-likeness (QED) is 0.505. The van der Waals surface area contributed by atoms with Crippen LogP contribution in [0, 0.1) is 5.92 Å². The Morgan fingerprint density at radius 2 is 1.81 bits per heavy atom. The first-order chi connectivity index (χ1) is 15.1. The van der Waals surface area contributed by atoms with Crippen LogP contribution in [0.15, 0.2) is 59.5 Å². The maximum atomic E-state index is 13.5. The summed E-state index contributed by atoms with van der Waals surface area (Å²) in [6.07, 6.45) is 6.52. The maximum absolute atomic E-state index is 13.5. The molecule has 1 unspecified atom stereocenters. The summed E-state index contributed by atoms with van der Waals surface area (Å²) in [5.74, 6) is 0.196. The lowest BCUT2D eigenvalue weighted by Gasteiger charge is -2.39. The van der Waals surface area contributed by atoms with Gasteiger partial charge in [0.15, 0.2) is 5.50 Å². The van der Waals surface area contributed by atoms with E-state index in [2.05, 4.69) is 17.1 Å². The third-order valence-corrected chi connectivity index (χ3v) is 7.17. The molecule has 2 aliphatic rings. The summed E-state index contributed by atoms with van der Waals surface area (Å²) in [7, 11) is 1.37. The van der Waals surface area contributed by atoms with Crippen molar-refractivity contribution < 1.29 is 14.3 Å². The van der Waals surface area contributed by atoms with Gasteiger partial charge in [0.25, 0.3) is 5.91 Å². The molecule has 1 N–H and O–H groups in total. The minimum absolute atomic E-state index is 0.0780. The van der Waals surface area contributed by atoms with Crippen LogP contribution in [0.5, 0.6) is 0 Å². The number of para-hydroxylation sites is 1. The van der Waals surface area contributed by atoms with Crippen molar-refractivity contribution in [1.82, 2.24) is 4.90 Å². The zero-order chi connectivity index (χ0) is 21.8. The molecule has 1 aliphatic carbocycles. The fraction of sp³-hybridized carbons (Fsp3) is 0.360. The molecule has 1 aliphatic heterocycles. The monoisotopic (exact) mass is 436 g/mol. The molecule has 4 rings (SSSR count). The average molecular weight is 437 g/mol. The van der Waals surface area contributed by atoms with Crippen molar-refractivity contribution in [3.05, 3.63) is 70.6 Å². The molecule has 2 fully saturated rings. The Balaban J connectivity index is 1.61. The standard InChI is InChI=1S/C25H28N2O3S/c1-17-8-6-7-11-21(17)27-23(28)22(31-25(27)26-20-9-4-3-5-10-20)16-18-12-14-19(15-13-18)24(29)30-2/h3-5,9-10,12-17,21,25-26H,6-8,11H2,1-2H3/b22-16-/t17-,21+,25?/m0/s1. The fourth-order valence-electron chi connectivity index (χ4n) is 4.35. The van der Waals surface area contributed by atoms with Crippen molar-refractivity contribution in [1.29, 1.82) is 0 Å². The number of nitrogens with one attached hydrogen (secondary N) is 1. The topological polar surface area (TPSA) is 58.6 Å². The van der Waals surface area contributed by atoms with E-state index >= 15 is 0 Å². The van der Waals surface area contributed by atoms with Crippen LogP contribution in [0.1, 0.15) is 48.5 Å². The molecule has 1 amide bonds. The van der Waals surface area contributed by atoms with Crippen LogP contribution in [0.2, 0.25) is 0 Å². The summed E-state index contributed by atoms with van der Waals surface area (Å²) in [6.45, 7) is 2.26. The third kappa shape index (κ3) is 4.79. The fourth-order valence-corrected chi connectivity index (χ4v) is 5.56. The molecule has 3 atom stereocenters. The highest BCUT2D eigenvalue weighted by Crippen LogP contribution is 2.42. The van der Waals surface area contributed by atoms with Crippen LogP contribution in [0.4, 0.5) is 5.69 Å². The van der Waals surface area contributed by atoms with Crippen molar-refractivity contribution in [3.63, 3.8) is 0 Å². The van der Waals surface area contributed by atoms with E-state index in [1.54, 1.807) is 23.9 Å². The number of hydrogen-bond donors (Lipinski definition) is 1. The van der Waals surface area contributed by atoms with Gasteiger partial charge in [-0.15, -0.1) is 0 Å². The van der Waals surface area contributed by atoms with Gasteiger partial charge in [-0.1, -0.05) is 61.9 Å². The molecular weight excluding hydrogens is 408 g/mol. The molecule has 2 aromatic carbocycles. The summed E-state index contributed by atoms with van der Waals surface area (Å²) in [6, 6.07) is 17.4. The summed E-state index contributed by atoms with van der Waals surface area (Å²) >= 11 is 1.56. The van der Waals surface area contributed by atoms with Gasteiger partial charge in [-0.2, -0.15) is 0 Å². The minimum atomic E-state index is -0.366. The molecule has 0 radical (unpaired) electrons. The number of carbonyl (C=O) groups is 2. The Bertz CT molecular complexity index is 958. The van der Waals surface area contributed by atoms with Crippen LogP contribution < -0.4 is 5.32 Å². The zero-order valence-electron chi connectivity index (χ0n) is 17.9. The van der Waals surface area contributed by atoms with E-state index in [0.29, 0.717) is 11.5 Å². The number of ether oxygens (including phenoxy) is 1. The van der Waals surface area contributed by atoms with Gasteiger partial charge in [0.1, 0.15) is 0 Å². The Hall–Kier alpha value is -2.73. The van der Waals surface area contributed by atoms with E-state index in [1.165, 1.54) is 13.5 Å². The predicted octanol–water partition coefficient (Wildman–Crippen LogP) is 5.36. The highest BCUT2D eigenvalue weighted by Gasteiger charge is 2.42. The van der Waals surface area contributed by atoms with E-state index in [9.17, 15) is 9.59 Å². The first kappa shape index (κ1) is 21.5. The summed E-state index contributed by atoms with van der Waals surface area (Å²) in [4.78, 5) is 27.9. The van der Waals surface area contributed by atoms with Gasteiger partial charge in [-0.25, -0.2) is 4.79 Å². The third-order valence-electron chi connectivity index (χ3n) is 6.05. The lowest BCUT2D eigenvalue weighted by atomic mass is 9.85. The van der Waals surface area contributed by atoms with Gasteiger partial charge in [-0.05, 0) is 54.7 Å². The number of benzene rings is 2. The molecule has 0 bridgehead atoms. The first-order valence-corrected chi connectivity index (χ1v) is 11.7. The van der Waals surface area contributed by atoms with Crippen molar-refractivity contribution in [2.75, 3.05) is 12.4 Å². The number of nitrogens with zero attached hydrogens (tertiary/aromatic N) is 1. The van der Waals surface area contributed by atoms with Crippen LogP contribution in [-0.2, 0) is 9.53 Å². The second kappa shape index (κ2) is 9.60. The summed E-state index contributed by atoms with van der Waals surface area (Å²) in [5, 5.41) is 3.55. The van der Waals surface area contributed by atoms with Gasteiger partial charge in [0, 0.05) is 11.7 Å². The molecule has 1 heterocycles. The molecule has 6 heteroatoms. The normalized spacial score (nSPS) is 25.0. The minimum Gasteiger partial charge on any atom is -0.465 e. The highest BCUT2D eigenvalue weighted by molar-refractivity contribution is 8.05. The molecule has 1 saturated heterocycles. The van der Waals surface area contributed by atoms with E-state index in [1.807, 2.05) is 48.5 Å². The molecule has 5 nitrogen and oxygen atoms in total. The Morgan fingerprint density at radius 3 is 2.48 bits per heavy atom. The van der Waals surface area contributed by atoms with Gasteiger partial charge in [0.05, 0.1) is 17.6 Å². The second-order valence-corrected chi connectivity index (χ2v) is 9.27. The smallest absolute Gasteiger partial charge is 0.337 e. The number of thioether (sulfide) groups is 1. The first-order valence-electron chi connectivity index (χ1n) is 10.8. The molecule has 31 heavy (non-hydrogen) atoms. The number of hydrogen-bond acceptors (Lipinski definition) is 5. The number of carbonyl (C=O) groups excluding carboxylic acids is 2. The summed E-state index contributed by atoms with van der Waals surface area (Å²) in [5.41, 5.74) is 2.25. The van der Waals surface area contributed by atoms with Crippen LogP contribution in [0.3, 0.4) is 0 Å². The van der Waals surface area contributed by atoms with Crippen LogP contribution >= 0.6 is 11.8 Å². The van der Waals surface area contributed by atoms with Crippen molar-refractivity contribution in [2.45, 2.75) is 44.1 Å². The van der Waals surface area contributed by atoms with E-state index in [0.717, 1.165) is 35.4 Å². The van der Waals surface area contributed by atoms with Gasteiger partial charge in [-0.3, -0.25) is 4.79 Å². The number of esters is 1. The second-order valence-electron chi connectivity index (χ2n) is 8.14. The van der Waals surface area contributed by atoms with Crippen molar-refractivity contribution in [3.8, 4) is 0 Å². The number of rotatable bonds is 5. The van der Waals surface area contributed by atoms with E-state index < -0.39 is 0 Å². The van der Waals surface area contributed by atoms with Crippen LogP contribution in [0.25, 0.3) is 6.08 Å². The van der Waals surface area contributed by atoms with Crippen molar-refractivity contribution in [2.24, 2.45) is 5.92 Å². The van der Waals surface area contributed by atoms with E-state index in [4.69, 9.17) is 4.74 Å². The lowest BCUT2D eigenvalue weighted by Crippen LogP contribution is -2.48. The average Bonchev–Trinajstić information content (AvgIpc) is 3.09. The Kier molecular flexibility index (Phi) is 6.66. The molecule has 1 saturated carbocycles. The maximum Gasteiger partial charge on any atom is 0.337 e. The Labute approximate surface area is 187 Å². The predicted molar refractivity (Wildman–Crippen MR) is 125 cm³/mol. The number of amides is 1. The van der Waals surface area contributed by atoms with E-state index in [-0.39, 0.29) is 23.4 Å². The highest BCUT2D eigenvalue weighted by atomic mass is 32.2. The molecular formula is C25H28N2O3S. The SMILES string of the molecule is COC(=O)c1ccc(/C=C2\SC(Nc3ccccc3)N([C@@H]3CCCC[C@@H]3C)C2=O)cc1. The molecule has 0 aromatic heterocycles. The van der Waals surface area contributed by atoms with Gasteiger partial charge >= 0.3 is 5.97 Å². The Morgan fingerprint density at radius 1 is 1.10 bits per heavy atom. The van der Waals surface area contributed by atoms with Gasteiger partial charge in [0.2, 0.25) is 0 Å². The lowest BCUT2D eigenvalue weighted by molar-refractivity contribution is -0.129. The van der Waals surface area contributed by atoms with Gasteiger partial charge < -0.3 is 15.0 Å². The largest absolute Gasteiger partial charge is 0.465 e. The molecule has 2 aromatic rings. The number of anilines is 1. The zero-order valence-corrected chi connectivity index (χ0v) is 18.7. The number of methoxy groups -OCH3 is 1.